The summed E-state index contributed by atoms with van der Waals surface area (Å²) in [6.45, 7) is -0.0506. The number of fused-ring (bicyclic) bond motifs is 9. The topological polar surface area (TPSA) is 29.5 Å². The van der Waals surface area contributed by atoms with Gasteiger partial charge in [-0.1, -0.05) is 90.4 Å². The van der Waals surface area contributed by atoms with Crippen LogP contribution in [0.5, 0.6) is 0 Å². The van der Waals surface area contributed by atoms with Crippen LogP contribution in [0.1, 0.15) is 0 Å². The summed E-state index contributed by atoms with van der Waals surface area (Å²) in [6, 6.07) is 42.8. The number of hydrogen-bond acceptors (Lipinski definition) is 4. The zero-order valence-electron chi connectivity index (χ0n) is 20.8. The van der Waals surface area contributed by atoms with Crippen LogP contribution in [0.3, 0.4) is 0 Å². The molecule has 1 aliphatic rings. The quantitative estimate of drug-likeness (QED) is 0.219. The van der Waals surface area contributed by atoms with E-state index >= 15 is 0 Å². The predicted molar refractivity (Wildman–Crippen MR) is 165 cm³/mol. The highest BCUT2D eigenvalue weighted by atomic mass is 32.1. The lowest BCUT2D eigenvalue weighted by molar-refractivity contribution is 0.585. The maximum Gasteiger partial charge on any atom is 0.257 e. The summed E-state index contributed by atoms with van der Waals surface area (Å²) >= 11 is 1.85. The number of benzene rings is 5. The third kappa shape index (κ3) is 2.93. The lowest BCUT2D eigenvalue weighted by Crippen LogP contribution is -2.56. The van der Waals surface area contributed by atoms with Gasteiger partial charge in [-0.3, -0.25) is 4.90 Å². The van der Waals surface area contributed by atoms with Crippen LogP contribution >= 0.6 is 11.3 Å². The Morgan fingerprint density at radius 2 is 1.08 bits per heavy atom. The van der Waals surface area contributed by atoms with Gasteiger partial charge in [-0.05, 0) is 41.8 Å². The van der Waals surface area contributed by atoms with Crippen molar-refractivity contribution in [3.63, 3.8) is 0 Å². The van der Waals surface area contributed by atoms with Crippen LogP contribution in [0.25, 0.3) is 42.1 Å². The molecule has 0 aliphatic carbocycles. The molecule has 8 aromatic rings. The fraction of sp³-hybridized carbons (Fsp3) is 0. The molecule has 0 saturated carbocycles. The molecule has 0 atom stereocenters. The smallest absolute Gasteiger partial charge is 0.257 e. The number of para-hydroxylation sites is 3. The molecule has 0 bridgehead atoms. The Bertz CT molecular complexity index is 2130. The highest BCUT2D eigenvalue weighted by Gasteiger charge is 2.43. The molecular formula is C34H20BNO2S. The van der Waals surface area contributed by atoms with E-state index in [1.807, 2.05) is 29.5 Å². The van der Waals surface area contributed by atoms with E-state index in [0.29, 0.717) is 0 Å². The van der Waals surface area contributed by atoms with E-state index in [2.05, 4.69) is 108 Å². The minimum atomic E-state index is -0.0506. The van der Waals surface area contributed by atoms with Gasteiger partial charge in [0.1, 0.15) is 11.2 Å². The van der Waals surface area contributed by atoms with Gasteiger partial charge >= 0.3 is 0 Å². The molecule has 9 rings (SSSR count). The SMILES string of the molecule is c1ccc(N2c3oc4ccccc4c3B(c3ccc4sc5ccccc5c4c3)c3c2oc2ccccc32)cc1. The monoisotopic (exact) mass is 517 g/mol. The van der Waals surface area contributed by atoms with Gasteiger partial charge in [0, 0.05) is 36.5 Å². The predicted octanol–water partition coefficient (Wildman–Crippen LogP) is 7.85. The summed E-state index contributed by atoms with van der Waals surface area (Å²) in [6.07, 6.45) is 0. The van der Waals surface area contributed by atoms with Crippen LogP contribution in [-0.2, 0) is 0 Å². The molecule has 3 nitrogen and oxygen atoms in total. The molecular weight excluding hydrogens is 497 g/mol. The van der Waals surface area contributed by atoms with Gasteiger partial charge in [0.05, 0.1) is 5.69 Å². The average Bonchev–Trinajstić information content (AvgIpc) is 3.67. The van der Waals surface area contributed by atoms with E-state index in [1.54, 1.807) is 0 Å². The van der Waals surface area contributed by atoms with Crippen LogP contribution in [-0.4, -0.2) is 6.71 Å². The zero-order valence-corrected chi connectivity index (χ0v) is 21.6. The molecule has 39 heavy (non-hydrogen) atoms. The molecule has 0 fully saturated rings. The summed E-state index contributed by atoms with van der Waals surface area (Å²) in [5.74, 6) is 1.63. The average molecular weight is 517 g/mol. The number of rotatable bonds is 2. The molecule has 5 aromatic carbocycles. The van der Waals surface area contributed by atoms with Crippen molar-refractivity contribution in [3.8, 4) is 0 Å². The molecule has 1 aliphatic heterocycles. The van der Waals surface area contributed by atoms with E-state index in [1.165, 1.54) is 36.6 Å². The molecule has 0 N–H and O–H groups in total. The van der Waals surface area contributed by atoms with Crippen molar-refractivity contribution in [2.24, 2.45) is 0 Å². The van der Waals surface area contributed by atoms with E-state index < -0.39 is 0 Å². The molecule has 0 saturated heterocycles. The van der Waals surface area contributed by atoms with Crippen LogP contribution in [0.15, 0.2) is 130 Å². The number of thiophene rings is 1. The number of anilines is 3. The molecule has 5 heteroatoms. The van der Waals surface area contributed by atoms with Crippen molar-refractivity contribution in [1.82, 2.24) is 0 Å². The number of furan rings is 2. The number of hydrogen-bond donors (Lipinski definition) is 0. The molecule has 4 heterocycles. The lowest BCUT2D eigenvalue weighted by atomic mass is 9.35. The minimum Gasteiger partial charge on any atom is -0.440 e. The van der Waals surface area contributed by atoms with Crippen LogP contribution in [0.2, 0.25) is 0 Å². The molecule has 0 radical (unpaired) electrons. The zero-order chi connectivity index (χ0) is 25.5. The summed E-state index contributed by atoms with van der Waals surface area (Å²) in [7, 11) is 0. The Kier molecular flexibility index (Phi) is 4.29. The summed E-state index contributed by atoms with van der Waals surface area (Å²) in [4.78, 5) is 2.15. The van der Waals surface area contributed by atoms with Gasteiger partial charge in [-0.25, -0.2) is 0 Å². The molecule has 0 spiro atoms. The standard InChI is InChI=1S/C34H20BNO2S/c1-2-10-22(11-3-1)36-33-31(24-13-4-7-15-27(24)37-33)35(32-25-14-5-8-16-28(25)38-34(32)36)21-18-19-30-26(20-21)23-12-6-9-17-29(23)39-30/h1-20H. The maximum absolute atomic E-state index is 6.67. The third-order valence-electron chi connectivity index (χ3n) is 7.96. The van der Waals surface area contributed by atoms with Crippen molar-refractivity contribution < 1.29 is 8.83 Å². The fourth-order valence-electron chi connectivity index (χ4n) is 6.30. The van der Waals surface area contributed by atoms with Gasteiger partial charge in [-0.15, -0.1) is 11.3 Å². The van der Waals surface area contributed by atoms with E-state index in [0.717, 1.165) is 39.4 Å². The summed E-state index contributed by atoms with van der Waals surface area (Å²) in [5, 5.41) is 4.85. The second kappa shape index (κ2) is 7.89. The van der Waals surface area contributed by atoms with E-state index in [-0.39, 0.29) is 6.71 Å². The Morgan fingerprint density at radius 1 is 0.513 bits per heavy atom. The van der Waals surface area contributed by atoms with Crippen LogP contribution in [0, 0.1) is 0 Å². The first-order valence-electron chi connectivity index (χ1n) is 13.1. The van der Waals surface area contributed by atoms with Gasteiger partial charge in [-0.2, -0.15) is 0 Å². The van der Waals surface area contributed by atoms with Crippen molar-refractivity contribution >= 4 is 94.0 Å². The lowest BCUT2D eigenvalue weighted by Gasteiger charge is -2.30. The largest absolute Gasteiger partial charge is 0.440 e. The first-order valence-corrected chi connectivity index (χ1v) is 14.0. The summed E-state index contributed by atoms with van der Waals surface area (Å²) < 4.78 is 16.0. The van der Waals surface area contributed by atoms with Gasteiger partial charge in [0.15, 0.2) is 0 Å². The van der Waals surface area contributed by atoms with Crippen molar-refractivity contribution in [1.29, 1.82) is 0 Å². The van der Waals surface area contributed by atoms with E-state index in [4.69, 9.17) is 8.83 Å². The van der Waals surface area contributed by atoms with Gasteiger partial charge in [0.2, 0.25) is 11.8 Å². The Hall–Kier alpha value is -4.74. The maximum atomic E-state index is 6.67. The van der Waals surface area contributed by atoms with Crippen molar-refractivity contribution in [2.45, 2.75) is 0 Å². The Labute approximate surface area is 228 Å². The third-order valence-corrected chi connectivity index (χ3v) is 9.11. The molecule has 0 unspecified atom stereocenters. The molecule has 0 amide bonds. The van der Waals surface area contributed by atoms with Crippen LogP contribution < -0.4 is 21.3 Å². The first kappa shape index (κ1) is 21.2. The Balaban J connectivity index is 1.42. The van der Waals surface area contributed by atoms with Gasteiger partial charge < -0.3 is 8.83 Å². The molecule has 3 aromatic heterocycles. The van der Waals surface area contributed by atoms with Gasteiger partial charge in [0.25, 0.3) is 6.71 Å². The highest BCUT2D eigenvalue weighted by Crippen LogP contribution is 2.42. The van der Waals surface area contributed by atoms with Crippen LogP contribution in [0.4, 0.5) is 17.5 Å². The number of nitrogens with zero attached hydrogens (tertiary/aromatic N) is 1. The second-order valence-corrected chi connectivity index (χ2v) is 11.2. The fourth-order valence-corrected chi connectivity index (χ4v) is 7.39. The highest BCUT2D eigenvalue weighted by molar-refractivity contribution is 7.25. The first-order chi connectivity index (χ1) is 19.3. The second-order valence-electron chi connectivity index (χ2n) is 10.1. The minimum absolute atomic E-state index is 0.0506. The molecule has 182 valence electrons. The van der Waals surface area contributed by atoms with Crippen molar-refractivity contribution in [3.05, 3.63) is 121 Å². The van der Waals surface area contributed by atoms with Crippen molar-refractivity contribution in [2.75, 3.05) is 4.90 Å². The van der Waals surface area contributed by atoms with E-state index in [9.17, 15) is 0 Å². The Morgan fingerprint density at radius 3 is 1.77 bits per heavy atom. The summed E-state index contributed by atoms with van der Waals surface area (Å²) in [5.41, 5.74) is 6.35. The normalized spacial score (nSPS) is 13.0.